The lowest BCUT2D eigenvalue weighted by Crippen LogP contribution is -2.57. The molecule has 0 saturated carbocycles. The minimum absolute atomic E-state index is 0.0128. The number of amides is 1. The standard InChI is InChI=1S/C34H45FN10O5S/c1-32(2,3)49-31(47)45-20-8-9-21(45)17-43(16-20)29-39-27(40-30(41-29)48-18-34-11-6-12-44(34)15-19(35)13-34)25(37)42-50-28(46)33(4)10-5-7-23-24(33)22(14-36)26(38)51-23/h19-21H,5-13,15-18,38H2,1-4H3,(H2,37,42)/t19-,20-,21+,33-,34+/m1/s1. The van der Waals surface area contributed by atoms with Crippen LogP contribution in [0, 0.1) is 11.3 Å². The number of amidine groups is 1. The number of ether oxygens (including phenoxy) is 2. The van der Waals surface area contributed by atoms with Crippen molar-refractivity contribution in [2.24, 2.45) is 10.9 Å². The first-order valence-corrected chi connectivity index (χ1v) is 18.4. The van der Waals surface area contributed by atoms with Crippen molar-refractivity contribution in [1.29, 1.82) is 5.26 Å². The average molecular weight is 725 g/mol. The topological polar surface area (TPSA) is 198 Å². The summed E-state index contributed by atoms with van der Waals surface area (Å²) in [6, 6.07) is 1.89. The van der Waals surface area contributed by atoms with E-state index in [2.05, 4.69) is 31.1 Å². The fraction of sp³-hybridized carbons (Fsp3) is 0.676. The smallest absolute Gasteiger partial charge is 0.410 e. The molecule has 2 aromatic rings. The van der Waals surface area contributed by atoms with Crippen LogP contribution in [0.4, 0.5) is 20.1 Å². The second-order valence-electron chi connectivity index (χ2n) is 15.6. The summed E-state index contributed by atoms with van der Waals surface area (Å²) in [5.41, 5.74) is 11.2. The lowest BCUT2D eigenvalue weighted by atomic mass is 9.72. The first-order chi connectivity index (χ1) is 24.2. The fourth-order valence-corrected chi connectivity index (χ4v) is 9.72. The Kier molecular flexibility index (Phi) is 8.98. The molecule has 4 saturated heterocycles. The van der Waals surface area contributed by atoms with E-state index >= 15 is 0 Å². The number of nitriles is 1. The Morgan fingerprint density at radius 1 is 1.14 bits per heavy atom. The minimum Gasteiger partial charge on any atom is -0.461 e. The van der Waals surface area contributed by atoms with Gasteiger partial charge in [0.1, 0.15) is 29.4 Å². The van der Waals surface area contributed by atoms with Crippen LogP contribution in [-0.4, -0.2) is 105 Å². The fourth-order valence-electron chi connectivity index (χ4n) is 8.52. The zero-order valence-corrected chi connectivity index (χ0v) is 30.3. The van der Waals surface area contributed by atoms with Gasteiger partial charge in [0.15, 0.2) is 0 Å². The number of halogens is 1. The van der Waals surface area contributed by atoms with Gasteiger partial charge < -0.3 is 30.7 Å². The zero-order valence-electron chi connectivity index (χ0n) is 29.5. The summed E-state index contributed by atoms with van der Waals surface area (Å²) < 4.78 is 26.4. The highest BCUT2D eigenvalue weighted by atomic mass is 32.1. The lowest BCUT2D eigenvalue weighted by Gasteiger charge is -2.41. The number of oxime groups is 1. The molecule has 5 aliphatic rings. The first-order valence-electron chi connectivity index (χ1n) is 17.6. The van der Waals surface area contributed by atoms with Crippen LogP contribution in [0.1, 0.15) is 94.5 Å². The van der Waals surface area contributed by atoms with E-state index < -0.39 is 28.7 Å². The second kappa shape index (κ2) is 13.0. The third-order valence-electron chi connectivity index (χ3n) is 10.9. The molecule has 1 aliphatic carbocycles. The highest BCUT2D eigenvalue weighted by Crippen LogP contribution is 2.46. The largest absolute Gasteiger partial charge is 0.461 e. The summed E-state index contributed by atoms with van der Waals surface area (Å²) >= 11 is 1.32. The van der Waals surface area contributed by atoms with Gasteiger partial charge in [0, 0.05) is 36.5 Å². The Bertz CT molecular complexity index is 1780. The zero-order chi connectivity index (χ0) is 36.3. The van der Waals surface area contributed by atoms with E-state index in [0.717, 1.165) is 43.5 Å². The Morgan fingerprint density at radius 2 is 1.88 bits per heavy atom. The number of alkyl halides is 1. The van der Waals surface area contributed by atoms with Crippen LogP contribution in [0.3, 0.4) is 0 Å². The summed E-state index contributed by atoms with van der Waals surface area (Å²) in [6.07, 6.45) is 4.33. The molecule has 4 fully saturated rings. The van der Waals surface area contributed by atoms with E-state index in [1.165, 1.54) is 11.3 Å². The molecule has 51 heavy (non-hydrogen) atoms. The Labute approximate surface area is 300 Å². The number of nitrogen functional groups attached to an aromatic ring is 1. The van der Waals surface area contributed by atoms with Crippen molar-refractivity contribution in [2.75, 3.05) is 43.4 Å². The number of anilines is 2. The summed E-state index contributed by atoms with van der Waals surface area (Å²) in [5.74, 6) is -0.745. The Hall–Kier alpha value is -4.30. The molecule has 0 aromatic carbocycles. The van der Waals surface area contributed by atoms with E-state index in [1.807, 2.05) is 30.6 Å². The molecular formula is C34H45FN10O5S. The maximum Gasteiger partial charge on any atom is 0.410 e. The van der Waals surface area contributed by atoms with Crippen molar-refractivity contribution in [3.63, 3.8) is 0 Å². The predicted molar refractivity (Wildman–Crippen MR) is 186 cm³/mol. The van der Waals surface area contributed by atoms with Gasteiger partial charge in [-0.1, -0.05) is 5.16 Å². The number of nitrogens with two attached hydrogens (primary N) is 2. The number of hydrogen-bond donors (Lipinski definition) is 2. The Morgan fingerprint density at radius 3 is 2.59 bits per heavy atom. The van der Waals surface area contributed by atoms with E-state index in [-0.39, 0.29) is 54.0 Å². The van der Waals surface area contributed by atoms with E-state index in [0.29, 0.717) is 49.5 Å². The molecule has 5 atom stereocenters. The molecule has 0 unspecified atom stereocenters. The van der Waals surface area contributed by atoms with Gasteiger partial charge in [-0.25, -0.2) is 14.0 Å². The van der Waals surface area contributed by atoms with Gasteiger partial charge in [-0.15, -0.1) is 11.3 Å². The van der Waals surface area contributed by atoms with Crippen molar-refractivity contribution in [3.8, 4) is 12.1 Å². The number of rotatable bonds is 7. The van der Waals surface area contributed by atoms with Crippen LogP contribution < -0.4 is 21.1 Å². The quantitative estimate of drug-likeness (QED) is 0.183. The number of fused-ring (bicyclic) bond motifs is 4. The van der Waals surface area contributed by atoms with Crippen molar-refractivity contribution in [2.45, 2.75) is 114 Å². The molecule has 2 aromatic heterocycles. The maximum atomic E-state index is 14.5. The van der Waals surface area contributed by atoms with Gasteiger partial charge >= 0.3 is 18.1 Å². The maximum absolute atomic E-state index is 14.5. The minimum atomic E-state index is -1.15. The summed E-state index contributed by atoms with van der Waals surface area (Å²) in [7, 11) is 0. The van der Waals surface area contributed by atoms with Crippen molar-refractivity contribution >= 4 is 40.2 Å². The summed E-state index contributed by atoms with van der Waals surface area (Å²) in [6.45, 7) is 9.51. The molecule has 0 spiro atoms. The lowest BCUT2D eigenvalue weighted by molar-refractivity contribution is -0.150. The Balaban J connectivity index is 1.15. The van der Waals surface area contributed by atoms with Crippen LogP contribution >= 0.6 is 11.3 Å². The molecule has 1 amide bonds. The SMILES string of the molecule is CC(C)(C)OC(=O)N1[C@@H]2CC[C@H]1CN(c1nc(OC[C@@]34CCCN3C[C@H](F)C4)nc(C(N)=NOC(=O)[C@]3(C)CCCc4sc(N)c(C#N)c43)n1)C2. The van der Waals surface area contributed by atoms with Crippen molar-refractivity contribution in [3.05, 3.63) is 21.8 Å². The van der Waals surface area contributed by atoms with Crippen LogP contribution in [0.2, 0.25) is 0 Å². The third-order valence-corrected chi connectivity index (χ3v) is 11.9. The molecule has 6 heterocycles. The molecule has 2 bridgehead atoms. The number of carbonyl (C=O) groups is 2. The second-order valence-corrected chi connectivity index (χ2v) is 16.7. The number of carbonyl (C=O) groups excluding carboxylic acids is 2. The van der Waals surface area contributed by atoms with Gasteiger partial charge in [0.25, 0.3) is 0 Å². The van der Waals surface area contributed by atoms with Crippen LogP contribution in [0.15, 0.2) is 5.16 Å². The summed E-state index contributed by atoms with van der Waals surface area (Å²) in [5, 5.41) is 14.1. The first kappa shape index (κ1) is 35.1. The molecule has 7 rings (SSSR count). The van der Waals surface area contributed by atoms with Crippen molar-refractivity contribution < 1.29 is 28.3 Å². The molecule has 0 radical (unpaired) electrons. The number of nitrogens with zero attached hydrogens (tertiary/aromatic N) is 8. The molecular weight excluding hydrogens is 680 g/mol. The number of aromatic nitrogens is 3. The summed E-state index contributed by atoms with van der Waals surface area (Å²) in [4.78, 5) is 52.7. The number of piperazine rings is 1. The highest BCUT2D eigenvalue weighted by Gasteiger charge is 2.50. The van der Waals surface area contributed by atoms with Crippen molar-refractivity contribution in [1.82, 2.24) is 24.8 Å². The van der Waals surface area contributed by atoms with Crippen LogP contribution in [-0.2, 0) is 26.2 Å². The number of aryl methyl sites for hydroxylation is 1. The van der Waals surface area contributed by atoms with E-state index in [1.54, 1.807) is 6.92 Å². The molecule has 15 nitrogen and oxygen atoms in total. The van der Waals surface area contributed by atoms with Gasteiger partial charge in [-0.3, -0.25) is 9.80 Å². The average Bonchev–Trinajstić information content (AvgIpc) is 3.79. The van der Waals surface area contributed by atoms with E-state index in [4.69, 9.17) is 25.8 Å². The number of hydrogen-bond acceptors (Lipinski definition) is 14. The van der Waals surface area contributed by atoms with Crippen LogP contribution in [0.25, 0.3) is 0 Å². The molecule has 4 aliphatic heterocycles. The van der Waals surface area contributed by atoms with Gasteiger partial charge in [-0.2, -0.15) is 20.2 Å². The van der Waals surface area contributed by atoms with Crippen LogP contribution in [0.5, 0.6) is 6.01 Å². The monoisotopic (exact) mass is 724 g/mol. The number of thiophene rings is 1. The highest BCUT2D eigenvalue weighted by molar-refractivity contribution is 7.16. The van der Waals surface area contributed by atoms with E-state index in [9.17, 15) is 19.2 Å². The van der Waals surface area contributed by atoms with Gasteiger partial charge in [-0.05, 0) is 79.2 Å². The predicted octanol–water partition coefficient (Wildman–Crippen LogP) is 3.39. The molecule has 4 N–H and O–H groups in total. The molecule has 274 valence electrons. The molecule has 17 heteroatoms. The normalized spacial score (nSPS) is 29.0. The third kappa shape index (κ3) is 6.52. The van der Waals surface area contributed by atoms with Gasteiger partial charge in [0.2, 0.25) is 17.6 Å². The van der Waals surface area contributed by atoms with Gasteiger partial charge in [0.05, 0.1) is 28.6 Å².